The van der Waals surface area contributed by atoms with E-state index in [1.807, 2.05) is 25.3 Å². The summed E-state index contributed by atoms with van der Waals surface area (Å²) in [7, 11) is 0. The van der Waals surface area contributed by atoms with E-state index in [1.54, 1.807) is 0 Å². The fourth-order valence-electron chi connectivity index (χ4n) is 2.42. The summed E-state index contributed by atoms with van der Waals surface area (Å²) in [6, 6.07) is 8.43. The minimum atomic E-state index is -0.116. The smallest absolute Gasteiger partial charge is 0.286 e. The van der Waals surface area contributed by atoms with E-state index in [0.29, 0.717) is 18.9 Å². The maximum atomic E-state index is 11.9. The normalized spacial score (nSPS) is 17.9. The maximum absolute atomic E-state index is 11.9. The molecule has 1 aromatic heterocycles. The molecule has 0 aliphatic carbocycles. The summed E-state index contributed by atoms with van der Waals surface area (Å²) < 4.78 is 0. The lowest BCUT2D eigenvalue weighted by atomic mass is 10.1. The molecule has 0 radical (unpaired) electrons. The van der Waals surface area contributed by atoms with Gasteiger partial charge in [-0.3, -0.25) is 9.79 Å². The van der Waals surface area contributed by atoms with Gasteiger partial charge in [0.2, 0.25) is 0 Å². The molecule has 2 heterocycles. The maximum Gasteiger partial charge on any atom is 0.286 e. The molecule has 5 heteroatoms. The number of amidine groups is 1. The fourth-order valence-corrected chi connectivity index (χ4v) is 2.42. The summed E-state index contributed by atoms with van der Waals surface area (Å²) in [4.78, 5) is 19.3. The van der Waals surface area contributed by atoms with Crippen LogP contribution in [0.5, 0.6) is 0 Å². The van der Waals surface area contributed by atoms with Gasteiger partial charge in [-0.1, -0.05) is 18.2 Å². The number of benzene rings is 1. The van der Waals surface area contributed by atoms with Crippen molar-refractivity contribution in [3.8, 4) is 0 Å². The van der Waals surface area contributed by atoms with E-state index in [-0.39, 0.29) is 11.9 Å². The Hall–Kier alpha value is -2.30. The molecule has 0 bridgehead atoms. The molecule has 104 valence electrons. The minimum absolute atomic E-state index is 0.116. The Balaban J connectivity index is 1.56. The van der Waals surface area contributed by atoms with Crippen LogP contribution in [-0.4, -0.2) is 35.9 Å². The van der Waals surface area contributed by atoms with Gasteiger partial charge in [-0.15, -0.1) is 0 Å². The summed E-state index contributed by atoms with van der Waals surface area (Å²) in [5.41, 5.74) is 2.35. The average Bonchev–Trinajstić information content (AvgIpc) is 3.06. The van der Waals surface area contributed by atoms with E-state index >= 15 is 0 Å². The Kier molecular flexibility index (Phi) is 3.41. The zero-order chi connectivity index (χ0) is 13.9. The second-order valence-electron chi connectivity index (χ2n) is 5.10. The van der Waals surface area contributed by atoms with Crippen molar-refractivity contribution in [3.63, 3.8) is 0 Å². The number of nitrogens with zero attached hydrogens (tertiary/aromatic N) is 1. The summed E-state index contributed by atoms with van der Waals surface area (Å²) in [6.45, 7) is 3.29. The van der Waals surface area contributed by atoms with E-state index < -0.39 is 0 Å². The van der Waals surface area contributed by atoms with Gasteiger partial charge in [0, 0.05) is 29.7 Å². The zero-order valence-corrected chi connectivity index (χ0v) is 11.4. The largest absolute Gasteiger partial charge is 0.361 e. The van der Waals surface area contributed by atoms with Crippen LogP contribution in [0.4, 0.5) is 0 Å². The third-order valence-corrected chi connectivity index (χ3v) is 3.48. The van der Waals surface area contributed by atoms with Crippen LogP contribution >= 0.6 is 0 Å². The molecule has 3 N–H and O–H groups in total. The van der Waals surface area contributed by atoms with Crippen LogP contribution in [0.25, 0.3) is 10.9 Å². The van der Waals surface area contributed by atoms with Crippen LogP contribution in [0.1, 0.15) is 12.5 Å². The van der Waals surface area contributed by atoms with Gasteiger partial charge in [0.25, 0.3) is 5.91 Å². The van der Waals surface area contributed by atoms with Gasteiger partial charge < -0.3 is 15.6 Å². The predicted octanol–water partition coefficient (Wildman–Crippen LogP) is 1.22. The highest BCUT2D eigenvalue weighted by Crippen LogP contribution is 2.17. The summed E-state index contributed by atoms with van der Waals surface area (Å²) >= 11 is 0. The minimum Gasteiger partial charge on any atom is -0.361 e. The summed E-state index contributed by atoms with van der Waals surface area (Å²) in [5.74, 6) is 0.339. The quantitative estimate of drug-likeness (QED) is 0.782. The first kappa shape index (κ1) is 12.7. The van der Waals surface area contributed by atoms with Gasteiger partial charge in [-0.05, 0) is 25.0 Å². The van der Waals surface area contributed by atoms with Crippen molar-refractivity contribution >= 4 is 22.6 Å². The standard InChI is InChI=1S/C15H18N4O/c1-10-8-18-14(19-10)15(20)16-7-6-11-9-17-13-5-3-2-4-12(11)13/h2-5,9-10,17H,6-8H2,1H3,(H,16,20)(H,18,19). The van der Waals surface area contributed by atoms with Gasteiger partial charge in [0.15, 0.2) is 5.84 Å². The van der Waals surface area contributed by atoms with E-state index in [0.717, 1.165) is 11.9 Å². The van der Waals surface area contributed by atoms with Crippen molar-refractivity contribution < 1.29 is 4.79 Å². The fraction of sp³-hybridized carbons (Fsp3) is 0.333. The average molecular weight is 270 g/mol. The number of H-pyrrole nitrogens is 1. The van der Waals surface area contributed by atoms with Gasteiger partial charge >= 0.3 is 0 Å². The molecule has 1 aliphatic heterocycles. The number of carbonyl (C=O) groups excluding carboxylic acids is 1. The van der Waals surface area contributed by atoms with Crippen LogP contribution in [0.3, 0.4) is 0 Å². The topological polar surface area (TPSA) is 69.3 Å². The molecule has 5 nitrogen and oxygen atoms in total. The van der Waals surface area contributed by atoms with Gasteiger partial charge in [0.05, 0.1) is 6.54 Å². The number of para-hydroxylation sites is 1. The Morgan fingerprint density at radius 3 is 3.10 bits per heavy atom. The third kappa shape index (κ3) is 2.52. The number of hydrogen-bond donors (Lipinski definition) is 3. The Bertz CT molecular complexity index is 659. The van der Waals surface area contributed by atoms with Crippen molar-refractivity contribution in [1.82, 2.24) is 15.6 Å². The highest BCUT2D eigenvalue weighted by Gasteiger charge is 2.18. The number of nitrogens with one attached hydrogen (secondary N) is 3. The molecule has 1 aromatic carbocycles. The number of amides is 1. The molecule has 0 saturated carbocycles. The Morgan fingerprint density at radius 2 is 2.30 bits per heavy atom. The van der Waals surface area contributed by atoms with Crippen LogP contribution in [0, 0.1) is 0 Å². The molecule has 3 rings (SSSR count). The second-order valence-corrected chi connectivity index (χ2v) is 5.10. The molecule has 0 spiro atoms. The Morgan fingerprint density at radius 1 is 1.45 bits per heavy atom. The number of aromatic nitrogens is 1. The highest BCUT2D eigenvalue weighted by molar-refractivity contribution is 6.38. The zero-order valence-electron chi connectivity index (χ0n) is 11.4. The van der Waals surface area contributed by atoms with Crippen LogP contribution < -0.4 is 10.6 Å². The number of aliphatic imine (C=N–C) groups is 1. The lowest BCUT2D eigenvalue weighted by Crippen LogP contribution is -2.40. The number of rotatable bonds is 4. The lowest BCUT2D eigenvalue weighted by Gasteiger charge is -2.07. The predicted molar refractivity (Wildman–Crippen MR) is 79.9 cm³/mol. The van der Waals surface area contributed by atoms with Crippen molar-refractivity contribution in [2.24, 2.45) is 4.99 Å². The summed E-state index contributed by atoms with van der Waals surface area (Å²) in [6.07, 6.45) is 2.81. The van der Waals surface area contributed by atoms with Crippen LogP contribution in [0.2, 0.25) is 0 Å². The monoisotopic (exact) mass is 270 g/mol. The van der Waals surface area contributed by atoms with Crippen molar-refractivity contribution in [1.29, 1.82) is 0 Å². The lowest BCUT2D eigenvalue weighted by molar-refractivity contribution is -0.114. The molecular formula is C15H18N4O. The molecule has 2 aromatic rings. The van der Waals surface area contributed by atoms with E-state index in [4.69, 9.17) is 0 Å². The molecule has 1 unspecified atom stereocenters. The van der Waals surface area contributed by atoms with E-state index in [1.165, 1.54) is 10.9 Å². The first-order chi connectivity index (χ1) is 9.74. The van der Waals surface area contributed by atoms with Crippen molar-refractivity contribution in [3.05, 3.63) is 36.0 Å². The molecule has 0 fully saturated rings. The SMILES string of the molecule is CC1CN=C(C(=O)NCCc2c[nH]c3ccccc23)N1. The van der Waals surface area contributed by atoms with Gasteiger partial charge in [-0.25, -0.2) is 0 Å². The highest BCUT2D eigenvalue weighted by atomic mass is 16.2. The summed E-state index contributed by atoms with van der Waals surface area (Å²) in [5, 5.41) is 7.18. The van der Waals surface area contributed by atoms with E-state index in [2.05, 4.69) is 32.7 Å². The molecule has 20 heavy (non-hydrogen) atoms. The number of fused-ring (bicyclic) bond motifs is 1. The number of hydrogen-bond acceptors (Lipinski definition) is 3. The van der Waals surface area contributed by atoms with Crippen LogP contribution in [-0.2, 0) is 11.2 Å². The first-order valence-corrected chi connectivity index (χ1v) is 6.88. The second kappa shape index (κ2) is 5.36. The molecule has 1 amide bonds. The van der Waals surface area contributed by atoms with E-state index in [9.17, 15) is 4.79 Å². The van der Waals surface area contributed by atoms with Gasteiger partial charge in [-0.2, -0.15) is 0 Å². The molecule has 0 saturated heterocycles. The van der Waals surface area contributed by atoms with Gasteiger partial charge in [0.1, 0.15) is 0 Å². The van der Waals surface area contributed by atoms with Crippen molar-refractivity contribution in [2.45, 2.75) is 19.4 Å². The third-order valence-electron chi connectivity index (χ3n) is 3.48. The Labute approximate surface area is 117 Å². The number of aromatic amines is 1. The molecule has 1 atom stereocenters. The molecule has 1 aliphatic rings. The number of carbonyl (C=O) groups is 1. The molecular weight excluding hydrogens is 252 g/mol. The van der Waals surface area contributed by atoms with Crippen molar-refractivity contribution in [2.75, 3.05) is 13.1 Å². The van der Waals surface area contributed by atoms with Crippen LogP contribution in [0.15, 0.2) is 35.5 Å². The first-order valence-electron chi connectivity index (χ1n) is 6.88.